The number of carbonyl (C=O) groups is 1. The number of thioether (sulfide) groups is 1. The zero-order chi connectivity index (χ0) is 13.8. The lowest BCUT2D eigenvalue weighted by molar-refractivity contribution is 0.101. The van der Waals surface area contributed by atoms with Crippen molar-refractivity contribution in [3.8, 4) is 5.75 Å². The number of nitrogens with zero attached hydrogens (tertiary/aromatic N) is 3. The van der Waals surface area contributed by atoms with Gasteiger partial charge in [-0.25, -0.2) is 14.1 Å². The molecule has 0 unspecified atom stereocenters. The van der Waals surface area contributed by atoms with E-state index in [1.54, 1.807) is 11.7 Å². The predicted octanol–water partition coefficient (Wildman–Crippen LogP) is 1.94. The summed E-state index contributed by atoms with van der Waals surface area (Å²) in [6.45, 7) is 0. The van der Waals surface area contributed by atoms with Crippen molar-refractivity contribution in [3.63, 3.8) is 0 Å². The molecule has 1 aromatic carbocycles. The normalized spacial score (nSPS) is 10.5. The molecule has 1 aromatic heterocycles. The number of hydrogen-bond acceptors (Lipinski definition) is 5. The Hall–Kier alpha value is -1.89. The Morgan fingerprint density at radius 3 is 2.95 bits per heavy atom. The molecule has 1 heterocycles. The van der Waals surface area contributed by atoms with Crippen molar-refractivity contribution in [1.82, 2.24) is 14.8 Å². The fourth-order valence-electron chi connectivity index (χ4n) is 1.52. The zero-order valence-electron chi connectivity index (χ0n) is 10.5. The van der Waals surface area contributed by atoms with Gasteiger partial charge in [0.15, 0.2) is 10.9 Å². The number of aryl methyl sites for hydroxylation is 1. The molecule has 0 N–H and O–H groups in total. The van der Waals surface area contributed by atoms with Gasteiger partial charge in [0, 0.05) is 7.05 Å². The molecule has 0 aliphatic heterocycles. The Morgan fingerprint density at radius 1 is 1.53 bits per heavy atom. The maximum Gasteiger partial charge on any atom is 0.186 e. The van der Waals surface area contributed by atoms with E-state index in [0.29, 0.717) is 10.9 Å². The van der Waals surface area contributed by atoms with Crippen molar-refractivity contribution in [1.29, 1.82) is 0 Å². The number of Topliss-reactive ketones (excluding diaryl/α,β-unsaturated/α-hetero) is 1. The van der Waals surface area contributed by atoms with Crippen LogP contribution in [0.25, 0.3) is 0 Å². The number of aromatic nitrogens is 3. The molecule has 0 aliphatic rings. The number of carbonyl (C=O) groups excluding carboxylic acids is 1. The minimum atomic E-state index is -0.465. The number of ketones is 1. The second-order valence-electron chi connectivity index (χ2n) is 3.72. The molecule has 2 rings (SSSR count). The molecule has 19 heavy (non-hydrogen) atoms. The first-order valence-corrected chi connectivity index (χ1v) is 6.44. The maximum absolute atomic E-state index is 13.2. The highest BCUT2D eigenvalue weighted by Crippen LogP contribution is 2.23. The number of ether oxygens (including phenoxy) is 1. The largest absolute Gasteiger partial charge is 0.496 e. The lowest BCUT2D eigenvalue weighted by Gasteiger charge is -2.07. The SMILES string of the molecule is COc1ccc(F)cc1C(=O)CSc1ncnn1C. The number of hydrogen-bond donors (Lipinski definition) is 0. The van der Waals surface area contributed by atoms with Crippen molar-refractivity contribution in [2.45, 2.75) is 5.16 Å². The van der Waals surface area contributed by atoms with Gasteiger partial charge in [-0.2, -0.15) is 5.10 Å². The highest BCUT2D eigenvalue weighted by atomic mass is 32.2. The molecule has 0 saturated carbocycles. The van der Waals surface area contributed by atoms with E-state index in [4.69, 9.17) is 4.74 Å². The van der Waals surface area contributed by atoms with Crippen LogP contribution in [0.3, 0.4) is 0 Å². The van der Waals surface area contributed by atoms with Crippen LogP contribution >= 0.6 is 11.8 Å². The average Bonchev–Trinajstić information content (AvgIpc) is 2.81. The second kappa shape index (κ2) is 5.83. The van der Waals surface area contributed by atoms with E-state index in [0.717, 1.165) is 0 Å². The topological polar surface area (TPSA) is 57.0 Å². The van der Waals surface area contributed by atoms with E-state index >= 15 is 0 Å². The third-order valence-electron chi connectivity index (χ3n) is 2.46. The van der Waals surface area contributed by atoms with Crippen molar-refractivity contribution in [2.75, 3.05) is 12.9 Å². The van der Waals surface area contributed by atoms with Gasteiger partial charge in [0.25, 0.3) is 0 Å². The molecule has 0 saturated heterocycles. The van der Waals surface area contributed by atoms with Crippen LogP contribution in [0, 0.1) is 5.82 Å². The minimum Gasteiger partial charge on any atom is -0.496 e. The van der Waals surface area contributed by atoms with E-state index in [9.17, 15) is 9.18 Å². The molecular weight excluding hydrogens is 269 g/mol. The van der Waals surface area contributed by atoms with Gasteiger partial charge in [0.1, 0.15) is 17.9 Å². The molecule has 5 nitrogen and oxygen atoms in total. The Morgan fingerprint density at radius 2 is 2.32 bits per heavy atom. The highest BCUT2D eigenvalue weighted by molar-refractivity contribution is 7.99. The van der Waals surface area contributed by atoms with Gasteiger partial charge in [0.2, 0.25) is 0 Å². The molecular formula is C12H12FN3O2S. The molecule has 0 amide bonds. The molecule has 0 radical (unpaired) electrons. The van der Waals surface area contributed by atoms with E-state index in [1.165, 1.54) is 43.4 Å². The molecule has 0 spiro atoms. The van der Waals surface area contributed by atoms with Gasteiger partial charge in [-0.1, -0.05) is 11.8 Å². The van der Waals surface area contributed by atoms with E-state index in [2.05, 4.69) is 10.1 Å². The van der Waals surface area contributed by atoms with Gasteiger partial charge < -0.3 is 4.74 Å². The van der Waals surface area contributed by atoms with Crippen LogP contribution in [0.1, 0.15) is 10.4 Å². The molecule has 2 aromatic rings. The summed E-state index contributed by atoms with van der Waals surface area (Å²) in [5.41, 5.74) is 0.233. The standard InChI is InChI=1S/C12H12FN3O2S/c1-16-12(14-7-15-16)19-6-10(17)9-5-8(13)3-4-11(9)18-2/h3-5,7H,6H2,1-2H3. The smallest absolute Gasteiger partial charge is 0.186 e. The molecule has 0 aliphatic carbocycles. The summed E-state index contributed by atoms with van der Waals surface area (Å²) in [6.07, 6.45) is 1.41. The molecule has 0 atom stereocenters. The fraction of sp³-hybridized carbons (Fsp3) is 0.250. The van der Waals surface area contributed by atoms with E-state index < -0.39 is 5.82 Å². The van der Waals surface area contributed by atoms with Crippen LogP contribution in [0.5, 0.6) is 5.75 Å². The third kappa shape index (κ3) is 3.11. The Labute approximate surface area is 113 Å². The monoisotopic (exact) mass is 281 g/mol. The first-order chi connectivity index (χ1) is 9.11. The maximum atomic E-state index is 13.2. The van der Waals surface area contributed by atoms with Crippen molar-refractivity contribution in [3.05, 3.63) is 35.9 Å². The number of benzene rings is 1. The first-order valence-electron chi connectivity index (χ1n) is 5.45. The predicted molar refractivity (Wildman–Crippen MR) is 69.0 cm³/mol. The fourth-order valence-corrected chi connectivity index (χ4v) is 2.29. The lowest BCUT2D eigenvalue weighted by atomic mass is 10.1. The zero-order valence-corrected chi connectivity index (χ0v) is 11.3. The summed E-state index contributed by atoms with van der Waals surface area (Å²) < 4.78 is 19.8. The minimum absolute atomic E-state index is 0.145. The Kier molecular flexibility index (Phi) is 4.16. The van der Waals surface area contributed by atoms with Gasteiger partial charge in [-0.3, -0.25) is 4.79 Å². The third-order valence-corrected chi connectivity index (χ3v) is 3.50. The van der Waals surface area contributed by atoms with Crippen molar-refractivity contribution in [2.24, 2.45) is 7.05 Å². The van der Waals surface area contributed by atoms with Gasteiger partial charge in [0.05, 0.1) is 18.4 Å². The van der Waals surface area contributed by atoms with Crippen LogP contribution in [0.4, 0.5) is 4.39 Å². The van der Waals surface area contributed by atoms with Crippen LogP contribution in [0.15, 0.2) is 29.7 Å². The molecule has 0 fully saturated rings. The van der Waals surface area contributed by atoms with Gasteiger partial charge >= 0.3 is 0 Å². The quantitative estimate of drug-likeness (QED) is 0.619. The Balaban J connectivity index is 2.12. The molecule has 0 bridgehead atoms. The summed E-state index contributed by atoms with van der Waals surface area (Å²) in [6, 6.07) is 3.87. The van der Waals surface area contributed by atoms with Gasteiger partial charge in [-0.15, -0.1) is 0 Å². The summed E-state index contributed by atoms with van der Waals surface area (Å²) >= 11 is 1.24. The second-order valence-corrected chi connectivity index (χ2v) is 4.67. The molecule has 100 valence electrons. The summed E-state index contributed by atoms with van der Waals surface area (Å²) in [4.78, 5) is 16.1. The van der Waals surface area contributed by atoms with Crippen LogP contribution in [0.2, 0.25) is 0 Å². The van der Waals surface area contributed by atoms with Crippen molar-refractivity contribution >= 4 is 17.5 Å². The van der Waals surface area contributed by atoms with Crippen LogP contribution < -0.4 is 4.74 Å². The number of halogens is 1. The van der Waals surface area contributed by atoms with Crippen LogP contribution in [-0.4, -0.2) is 33.4 Å². The summed E-state index contributed by atoms with van der Waals surface area (Å²) in [5, 5.41) is 4.53. The van der Waals surface area contributed by atoms with E-state index in [1.807, 2.05) is 0 Å². The molecule has 7 heteroatoms. The number of methoxy groups -OCH3 is 1. The highest BCUT2D eigenvalue weighted by Gasteiger charge is 2.15. The van der Waals surface area contributed by atoms with E-state index in [-0.39, 0.29) is 17.1 Å². The van der Waals surface area contributed by atoms with Gasteiger partial charge in [-0.05, 0) is 18.2 Å². The Bertz CT molecular complexity index is 600. The summed E-state index contributed by atoms with van der Waals surface area (Å²) in [5.74, 6) is -0.172. The average molecular weight is 281 g/mol. The summed E-state index contributed by atoms with van der Waals surface area (Å²) in [7, 11) is 3.18. The number of rotatable bonds is 5. The van der Waals surface area contributed by atoms with Crippen molar-refractivity contribution < 1.29 is 13.9 Å². The lowest BCUT2D eigenvalue weighted by Crippen LogP contribution is -2.06. The van der Waals surface area contributed by atoms with Crippen LogP contribution in [-0.2, 0) is 7.05 Å². The first kappa shape index (κ1) is 13.5.